The van der Waals surface area contributed by atoms with Crippen molar-refractivity contribution in [3.63, 3.8) is 0 Å². The number of pyridine rings is 1. The number of aromatic amines is 1. The van der Waals surface area contributed by atoms with Crippen molar-refractivity contribution in [2.45, 2.75) is 44.1 Å². The van der Waals surface area contributed by atoms with E-state index in [0.29, 0.717) is 29.7 Å². The number of H-pyrrole nitrogens is 1. The monoisotopic (exact) mass is 388 g/mol. The molecule has 2 aromatic rings. The van der Waals surface area contributed by atoms with Crippen LogP contribution in [0.3, 0.4) is 0 Å². The summed E-state index contributed by atoms with van der Waals surface area (Å²) in [6.07, 6.45) is 1.76. The Kier molecular flexibility index (Phi) is 4.83. The van der Waals surface area contributed by atoms with Gasteiger partial charge in [-0.15, -0.1) is 0 Å². The van der Waals surface area contributed by atoms with Crippen LogP contribution in [-0.4, -0.2) is 16.9 Å². The summed E-state index contributed by atoms with van der Waals surface area (Å²) in [5, 5.41) is 2.80. The number of hydrogen-bond donors (Lipinski definition) is 2. The van der Waals surface area contributed by atoms with Crippen LogP contribution < -0.4 is 10.9 Å². The van der Waals surface area contributed by atoms with Gasteiger partial charge in [0, 0.05) is 29.3 Å². The lowest BCUT2D eigenvalue weighted by molar-refractivity contribution is -0.119. The summed E-state index contributed by atoms with van der Waals surface area (Å²) >= 11 is 0. The first kappa shape index (κ1) is 18.5. The van der Waals surface area contributed by atoms with Gasteiger partial charge in [-0.25, -0.2) is 13.2 Å². The Morgan fingerprint density at radius 3 is 2.46 bits per heavy atom. The lowest BCUT2D eigenvalue weighted by Gasteiger charge is -2.14. The van der Waals surface area contributed by atoms with Gasteiger partial charge in [0.2, 0.25) is 5.91 Å². The van der Waals surface area contributed by atoms with E-state index in [1.165, 1.54) is 6.07 Å². The smallest absolute Gasteiger partial charge is 0.266 e. The highest BCUT2D eigenvalue weighted by Crippen LogP contribution is 2.38. The number of hydrogen-bond acceptors (Lipinski definition) is 2. The Morgan fingerprint density at radius 2 is 1.89 bits per heavy atom. The predicted molar refractivity (Wildman–Crippen MR) is 98.6 cm³/mol. The van der Waals surface area contributed by atoms with Gasteiger partial charge in [-0.1, -0.05) is 18.2 Å². The van der Waals surface area contributed by atoms with Crippen molar-refractivity contribution in [2.24, 2.45) is 0 Å². The van der Waals surface area contributed by atoms with E-state index in [2.05, 4.69) is 10.3 Å². The van der Waals surface area contributed by atoms with E-state index in [-0.39, 0.29) is 23.4 Å². The molecule has 1 aromatic carbocycles. The molecule has 1 amide bonds. The zero-order valence-electron chi connectivity index (χ0n) is 15.0. The highest BCUT2D eigenvalue weighted by molar-refractivity contribution is 5.82. The van der Waals surface area contributed by atoms with Gasteiger partial charge in [-0.3, -0.25) is 9.59 Å². The summed E-state index contributed by atoms with van der Waals surface area (Å²) in [7, 11) is 0. The van der Waals surface area contributed by atoms with E-state index in [1.807, 2.05) is 0 Å². The molecule has 7 heteroatoms. The number of halogens is 3. The third-order valence-corrected chi connectivity index (χ3v) is 5.19. The summed E-state index contributed by atoms with van der Waals surface area (Å²) in [6.45, 7) is 0. The number of amides is 1. The molecular formula is C21H19F3N2O2. The van der Waals surface area contributed by atoms with Gasteiger partial charge in [0.1, 0.15) is 5.82 Å². The molecule has 28 heavy (non-hydrogen) atoms. The largest absolute Gasteiger partial charge is 0.350 e. The van der Waals surface area contributed by atoms with Crippen LogP contribution >= 0.6 is 0 Å². The quantitative estimate of drug-likeness (QED) is 0.812. The average Bonchev–Trinajstić information content (AvgIpc) is 3.40. The molecule has 4 rings (SSSR count). The van der Waals surface area contributed by atoms with Gasteiger partial charge in [0.25, 0.3) is 12.0 Å². The summed E-state index contributed by atoms with van der Waals surface area (Å²) in [4.78, 5) is 26.8. The van der Waals surface area contributed by atoms with Gasteiger partial charge in [-0.05, 0) is 48.9 Å². The minimum atomic E-state index is -2.91. The summed E-state index contributed by atoms with van der Waals surface area (Å²) in [6, 6.07) is 6.73. The van der Waals surface area contributed by atoms with E-state index < -0.39 is 17.8 Å². The summed E-state index contributed by atoms with van der Waals surface area (Å²) < 4.78 is 39.9. The van der Waals surface area contributed by atoms with Crippen LogP contribution in [0.4, 0.5) is 13.2 Å². The van der Waals surface area contributed by atoms with Crippen LogP contribution in [-0.2, 0) is 4.79 Å². The second-order valence-electron chi connectivity index (χ2n) is 7.26. The van der Waals surface area contributed by atoms with Crippen molar-refractivity contribution < 1.29 is 18.0 Å². The molecule has 1 atom stereocenters. The molecule has 0 unspecified atom stereocenters. The fraction of sp³-hybridized carbons (Fsp3) is 0.333. The standard InChI is InChI=1S/C21H19F3N2O2/c22-17-9-12(3-5-15(17)20(23)24)16(10-13-4-8-19(27)25-13)18-7-6-14(11-1-2-11)21(28)26-18/h3,5-7,9-11,13,20H,1-2,4,8H2,(H,25,27)(H,26,28)/b16-10+/t13-/m0/s1. The number of aromatic nitrogens is 1. The number of rotatable bonds is 5. The number of benzene rings is 1. The van der Waals surface area contributed by atoms with E-state index >= 15 is 0 Å². The van der Waals surface area contributed by atoms with Gasteiger partial charge in [-0.2, -0.15) is 0 Å². The van der Waals surface area contributed by atoms with Crippen LogP contribution in [0.5, 0.6) is 0 Å². The van der Waals surface area contributed by atoms with E-state index in [1.54, 1.807) is 18.2 Å². The van der Waals surface area contributed by atoms with Crippen molar-refractivity contribution in [3.8, 4) is 0 Å². The van der Waals surface area contributed by atoms with Gasteiger partial charge in [0.15, 0.2) is 0 Å². The highest BCUT2D eigenvalue weighted by Gasteiger charge is 2.27. The highest BCUT2D eigenvalue weighted by atomic mass is 19.3. The third kappa shape index (κ3) is 3.74. The van der Waals surface area contributed by atoms with Crippen molar-refractivity contribution in [2.75, 3.05) is 0 Å². The summed E-state index contributed by atoms with van der Waals surface area (Å²) in [5.41, 5.74) is 1.15. The van der Waals surface area contributed by atoms with Crippen LogP contribution in [0.1, 0.15) is 60.4 Å². The fourth-order valence-corrected chi connectivity index (χ4v) is 3.53. The molecule has 0 bridgehead atoms. The van der Waals surface area contributed by atoms with Crippen molar-refractivity contribution in [1.82, 2.24) is 10.3 Å². The molecule has 1 aromatic heterocycles. The van der Waals surface area contributed by atoms with Gasteiger partial charge in [0.05, 0.1) is 5.56 Å². The zero-order valence-corrected chi connectivity index (χ0v) is 15.0. The fourth-order valence-electron chi connectivity index (χ4n) is 3.53. The first-order chi connectivity index (χ1) is 13.4. The van der Waals surface area contributed by atoms with Gasteiger partial charge < -0.3 is 10.3 Å². The zero-order chi connectivity index (χ0) is 19.8. The molecule has 146 valence electrons. The molecule has 2 aliphatic rings. The average molecular weight is 388 g/mol. The number of carbonyl (C=O) groups excluding carboxylic acids is 1. The van der Waals surface area contributed by atoms with E-state index in [9.17, 15) is 22.8 Å². The maximum Gasteiger partial charge on any atom is 0.266 e. The second kappa shape index (κ2) is 7.30. The Hall–Kier alpha value is -2.83. The van der Waals surface area contributed by atoms with Crippen molar-refractivity contribution >= 4 is 11.5 Å². The molecule has 2 heterocycles. The van der Waals surface area contributed by atoms with Crippen molar-refractivity contribution in [3.05, 3.63) is 75.0 Å². The molecule has 2 N–H and O–H groups in total. The number of alkyl halides is 2. The number of carbonyl (C=O) groups is 1. The SMILES string of the molecule is O=C1CC[C@@H](/C=C(\c2ccc(C(F)F)c(F)c2)c2ccc(C3CC3)c(=O)[nH]2)N1. The normalized spacial score (nSPS) is 19.9. The molecule has 1 saturated heterocycles. The lowest BCUT2D eigenvalue weighted by atomic mass is 9.97. The molecular weight excluding hydrogens is 369 g/mol. The first-order valence-electron chi connectivity index (χ1n) is 9.25. The molecule has 1 saturated carbocycles. The lowest BCUT2D eigenvalue weighted by Crippen LogP contribution is -2.23. The minimum Gasteiger partial charge on any atom is -0.350 e. The maximum atomic E-state index is 14.2. The molecule has 1 aliphatic heterocycles. The van der Waals surface area contributed by atoms with Crippen LogP contribution in [0.15, 0.2) is 41.2 Å². The number of nitrogens with one attached hydrogen (secondary N) is 2. The predicted octanol–water partition coefficient (Wildman–Crippen LogP) is 4.04. The molecule has 0 radical (unpaired) electrons. The summed E-state index contributed by atoms with van der Waals surface area (Å²) in [5.74, 6) is -0.815. The van der Waals surface area contributed by atoms with Crippen LogP contribution in [0.2, 0.25) is 0 Å². The van der Waals surface area contributed by atoms with Crippen LogP contribution in [0.25, 0.3) is 5.57 Å². The van der Waals surface area contributed by atoms with Crippen LogP contribution in [0, 0.1) is 5.82 Å². The minimum absolute atomic E-state index is 0.0857. The van der Waals surface area contributed by atoms with E-state index in [0.717, 1.165) is 30.5 Å². The molecule has 4 nitrogen and oxygen atoms in total. The molecule has 0 spiro atoms. The Labute approximate surface area is 159 Å². The first-order valence-corrected chi connectivity index (χ1v) is 9.25. The Balaban J connectivity index is 1.77. The van der Waals surface area contributed by atoms with E-state index in [4.69, 9.17) is 0 Å². The Bertz CT molecular complexity index is 1010. The Morgan fingerprint density at radius 1 is 1.11 bits per heavy atom. The molecule has 1 aliphatic carbocycles. The van der Waals surface area contributed by atoms with Crippen molar-refractivity contribution in [1.29, 1.82) is 0 Å². The maximum absolute atomic E-state index is 14.2. The van der Waals surface area contributed by atoms with Gasteiger partial charge >= 0.3 is 0 Å². The second-order valence-corrected chi connectivity index (χ2v) is 7.26. The third-order valence-electron chi connectivity index (χ3n) is 5.19. The molecule has 2 fully saturated rings. The topological polar surface area (TPSA) is 62.0 Å².